The van der Waals surface area contributed by atoms with E-state index in [0.717, 1.165) is 12.0 Å². The van der Waals surface area contributed by atoms with Crippen LogP contribution < -0.4 is 5.32 Å². The average molecular weight is 249 g/mol. The molecule has 0 fully saturated rings. The van der Waals surface area contributed by atoms with Crippen molar-refractivity contribution in [1.29, 1.82) is 5.26 Å². The number of pyridine rings is 1. The summed E-state index contributed by atoms with van der Waals surface area (Å²) in [6.45, 7) is 5.07. The fourth-order valence-electron chi connectivity index (χ4n) is 1.47. The van der Waals surface area contributed by atoms with Crippen molar-refractivity contribution in [3.05, 3.63) is 29.6 Å². The molecule has 1 N–H and O–H groups in total. The Hall–Kier alpha value is -1.05. The van der Waals surface area contributed by atoms with Gasteiger partial charge in [0.05, 0.1) is 0 Å². The van der Waals surface area contributed by atoms with Crippen molar-refractivity contribution in [1.82, 2.24) is 10.3 Å². The molecule has 1 unspecified atom stereocenters. The van der Waals surface area contributed by atoms with Gasteiger partial charge in [0.2, 0.25) is 0 Å². The predicted octanol–water partition coefficient (Wildman–Crippen LogP) is 2.57. The van der Waals surface area contributed by atoms with Gasteiger partial charge in [-0.1, -0.05) is 13.0 Å². The zero-order valence-corrected chi connectivity index (χ0v) is 11.3. The molecule has 0 amide bonds. The van der Waals surface area contributed by atoms with E-state index in [2.05, 4.69) is 30.2 Å². The summed E-state index contributed by atoms with van der Waals surface area (Å²) in [6, 6.07) is 6.41. The van der Waals surface area contributed by atoms with Gasteiger partial charge in [-0.15, -0.1) is 0 Å². The zero-order chi connectivity index (χ0) is 12.5. The van der Waals surface area contributed by atoms with Gasteiger partial charge in [0.1, 0.15) is 11.8 Å². The Morgan fingerprint density at radius 2 is 2.41 bits per heavy atom. The standard InChI is InChI=1S/C13H19N3S/c1-3-17-8-6-11(2)16-10-12-5-4-7-15-13(12)9-14/h4-5,7,11,16H,3,6,8,10H2,1-2H3. The molecule has 0 radical (unpaired) electrons. The average Bonchev–Trinajstić information content (AvgIpc) is 2.37. The molecule has 3 nitrogen and oxygen atoms in total. The third-order valence-corrected chi connectivity index (χ3v) is 3.47. The van der Waals surface area contributed by atoms with Crippen molar-refractivity contribution >= 4 is 11.8 Å². The summed E-state index contributed by atoms with van der Waals surface area (Å²) in [5, 5.41) is 12.3. The molecule has 1 aromatic rings. The fourth-order valence-corrected chi connectivity index (χ4v) is 2.28. The summed E-state index contributed by atoms with van der Waals surface area (Å²) in [5.74, 6) is 2.36. The van der Waals surface area contributed by atoms with Crippen LogP contribution >= 0.6 is 11.8 Å². The third-order valence-electron chi connectivity index (χ3n) is 2.54. The minimum Gasteiger partial charge on any atom is -0.310 e. The number of nitrogens with one attached hydrogen (secondary N) is 1. The first-order valence-corrected chi connectivity index (χ1v) is 7.08. The number of nitriles is 1. The summed E-state index contributed by atoms with van der Waals surface area (Å²) in [4.78, 5) is 4.05. The number of nitrogens with zero attached hydrogens (tertiary/aromatic N) is 2. The molecule has 0 aromatic carbocycles. The van der Waals surface area contributed by atoms with Gasteiger partial charge in [-0.2, -0.15) is 17.0 Å². The van der Waals surface area contributed by atoms with E-state index in [1.165, 1.54) is 11.5 Å². The van der Waals surface area contributed by atoms with Crippen LogP contribution in [0.5, 0.6) is 0 Å². The van der Waals surface area contributed by atoms with Crippen molar-refractivity contribution in [2.45, 2.75) is 32.9 Å². The maximum Gasteiger partial charge on any atom is 0.144 e. The van der Waals surface area contributed by atoms with Crippen LogP contribution in [0.2, 0.25) is 0 Å². The predicted molar refractivity (Wildman–Crippen MR) is 72.9 cm³/mol. The molecule has 1 aromatic heterocycles. The normalized spacial score (nSPS) is 12.1. The highest BCUT2D eigenvalue weighted by Gasteiger charge is 2.05. The number of rotatable bonds is 7. The van der Waals surface area contributed by atoms with E-state index in [9.17, 15) is 0 Å². The lowest BCUT2D eigenvalue weighted by Crippen LogP contribution is -2.26. The summed E-state index contributed by atoms with van der Waals surface area (Å²) in [6.07, 6.45) is 2.81. The second-order valence-corrected chi connectivity index (χ2v) is 5.28. The van der Waals surface area contributed by atoms with E-state index < -0.39 is 0 Å². The van der Waals surface area contributed by atoms with Crippen molar-refractivity contribution in [3.63, 3.8) is 0 Å². The van der Waals surface area contributed by atoms with Crippen LogP contribution in [0.25, 0.3) is 0 Å². The van der Waals surface area contributed by atoms with Crippen LogP contribution in [0.1, 0.15) is 31.5 Å². The molecule has 17 heavy (non-hydrogen) atoms. The van der Waals surface area contributed by atoms with Gasteiger partial charge in [-0.25, -0.2) is 4.98 Å². The van der Waals surface area contributed by atoms with Gasteiger partial charge in [-0.3, -0.25) is 0 Å². The maximum absolute atomic E-state index is 8.91. The SMILES string of the molecule is CCSCCC(C)NCc1cccnc1C#N. The molecule has 0 bridgehead atoms. The second kappa shape index (κ2) is 8.10. The van der Waals surface area contributed by atoms with Gasteiger partial charge in [0.25, 0.3) is 0 Å². The lowest BCUT2D eigenvalue weighted by atomic mass is 10.2. The Kier molecular flexibility index (Phi) is 6.68. The van der Waals surface area contributed by atoms with Gasteiger partial charge in [-0.05, 0) is 30.9 Å². The molecule has 0 aliphatic heterocycles. The molecule has 1 atom stereocenters. The second-order valence-electron chi connectivity index (χ2n) is 3.89. The number of hydrogen-bond donors (Lipinski definition) is 1. The lowest BCUT2D eigenvalue weighted by molar-refractivity contribution is 0.536. The molecular formula is C13H19N3S. The van der Waals surface area contributed by atoms with E-state index >= 15 is 0 Å². The largest absolute Gasteiger partial charge is 0.310 e. The van der Waals surface area contributed by atoms with E-state index in [1.807, 2.05) is 23.9 Å². The molecule has 0 aliphatic rings. The summed E-state index contributed by atoms with van der Waals surface area (Å²) in [7, 11) is 0. The molecule has 0 aliphatic carbocycles. The van der Waals surface area contributed by atoms with Crippen LogP contribution in [0.3, 0.4) is 0 Å². The van der Waals surface area contributed by atoms with Gasteiger partial charge < -0.3 is 5.32 Å². The van der Waals surface area contributed by atoms with Crippen LogP contribution in [-0.2, 0) is 6.54 Å². The number of aromatic nitrogens is 1. The minimum atomic E-state index is 0.473. The van der Waals surface area contributed by atoms with Crippen LogP contribution in [0.15, 0.2) is 18.3 Å². The van der Waals surface area contributed by atoms with Crippen molar-refractivity contribution in [3.8, 4) is 6.07 Å². The van der Waals surface area contributed by atoms with Gasteiger partial charge in [0, 0.05) is 24.3 Å². The molecule has 0 spiro atoms. The highest BCUT2D eigenvalue weighted by Crippen LogP contribution is 2.06. The molecule has 1 rings (SSSR count). The van der Waals surface area contributed by atoms with Crippen LogP contribution in [0, 0.1) is 11.3 Å². The first-order valence-electron chi connectivity index (χ1n) is 5.93. The van der Waals surface area contributed by atoms with Crippen molar-refractivity contribution in [2.24, 2.45) is 0 Å². The lowest BCUT2D eigenvalue weighted by Gasteiger charge is -2.13. The van der Waals surface area contributed by atoms with Crippen LogP contribution in [-0.4, -0.2) is 22.5 Å². The fraction of sp³-hybridized carbons (Fsp3) is 0.538. The highest BCUT2D eigenvalue weighted by atomic mass is 32.2. The third kappa shape index (κ3) is 5.20. The summed E-state index contributed by atoms with van der Waals surface area (Å²) in [5.41, 5.74) is 1.50. The Morgan fingerprint density at radius 1 is 1.59 bits per heavy atom. The monoisotopic (exact) mass is 249 g/mol. The molecular weight excluding hydrogens is 230 g/mol. The maximum atomic E-state index is 8.91. The first-order chi connectivity index (χ1) is 8.27. The summed E-state index contributed by atoms with van der Waals surface area (Å²) >= 11 is 1.96. The highest BCUT2D eigenvalue weighted by molar-refractivity contribution is 7.99. The molecule has 92 valence electrons. The van der Waals surface area contributed by atoms with E-state index in [-0.39, 0.29) is 0 Å². The molecule has 0 saturated heterocycles. The zero-order valence-electron chi connectivity index (χ0n) is 10.4. The van der Waals surface area contributed by atoms with Gasteiger partial charge >= 0.3 is 0 Å². The summed E-state index contributed by atoms with van der Waals surface area (Å²) < 4.78 is 0. The van der Waals surface area contributed by atoms with Crippen molar-refractivity contribution in [2.75, 3.05) is 11.5 Å². The molecule has 4 heteroatoms. The van der Waals surface area contributed by atoms with Gasteiger partial charge in [0.15, 0.2) is 0 Å². The first kappa shape index (κ1) is 14.0. The number of hydrogen-bond acceptors (Lipinski definition) is 4. The van der Waals surface area contributed by atoms with E-state index in [0.29, 0.717) is 18.3 Å². The minimum absolute atomic E-state index is 0.473. The smallest absolute Gasteiger partial charge is 0.144 e. The number of thioether (sulfide) groups is 1. The molecule has 0 saturated carbocycles. The van der Waals surface area contributed by atoms with Crippen LogP contribution in [0.4, 0.5) is 0 Å². The Balaban J connectivity index is 2.37. The van der Waals surface area contributed by atoms with E-state index in [1.54, 1.807) is 6.20 Å². The Labute approximate surface area is 108 Å². The quantitative estimate of drug-likeness (QED) is 0.755. The van der Waals surface area contributed by atoms with E-state index in [4.69, 9.17) is 5.26 Å². The molecule has 1 heterocycles. The Morgan fingerprint density at radius 3 is 3.12 bits per heavy atom. The Bertz CT molecular complexity index is 373. The van der Waals surface area contributed by atoms with Crippen molar-refractivity contribution < 1.29 is 0 Å². The topological polar surface area (TPSA) is 48.7 Å².